The Morgan fingerprint density at radius 1 is 1.22 bits per heavy atom. The first-order valence-corrected chi connectivity index (χ1v) is 6.10. The lowest BCUT2D eigenvalue weighted by Crippen LogP contribution is -2.15. The van der Waals surface area contributed by atoms with Gasteiger partial charge in [-0.15, -0.1) is 5.10 Å². The molecule has 1 aromatic heterocycles. The van der Waals surface area contributed by atoms with Gasteiger partial charge in [0.1, 0.15) is 5.69 Å². The second-order valence-corrected chi connectivity index (χ2v) is 5.53. The third-order valence-electron chi connectivity index (χ3n) is 2.90. The van der Waals surface area contributed by atoms with Crippen molar-refractivity contribution >= 4 is 0 Å². The van der Waals surface area contributed by atoms with Crippen LogP contribution in [0.1, 0.15) is 45.1 Å². The molecule has 0 saturated heterocycles. The van der Waals surface area contributed by atoms with Crippen LogP contribution in [0.3, 0.4) is 0 Å². The van der Waals surface area contributed by atoms with E-state index in [2.05, 4.69) is 37.1 Å². The van der Waals surface area contributed by atoms with Crippen molar-refractivity contribution in [3.8, 4) is 5.69 Å². The molecule has 96 valence electrons. The van der Waals surface area contributed by atoms with Crippen LogP contribution < -0.4 is 0 Å². The van der Waals surface area contributed by atoms with Crippen molar-refractivity contribution in [1.29, 1.82) is 0 Å². The number of hydrogen-bond donors (Lipinski definition) is 1. The number of aliphatic hydroxyl groups excluding tert-OH is 1. The number of para-hydroxylation sites is 1. The minimum atomic E-state index is -0.597. The van der Waals surface area contributed by atoms with Crippen LogP contribution >= 0.6 is 0 Å². The zero-order valence-corrected chi connectivity index (χ0v) is 11.3. The minimum absolute atomic E-state index is 0.0353. The topological polar surface area (TPSA) is 50.9 Å². The van der Waals surface area contributed by atoms with E-state index in [1.165, 1.54) is 5.56 Å². The van der Waals surface area contributed by atoms with Gasteiger partial charge in [0.15, 0.2) is 0 Å². The third-order valence-corrected chi connectivity index (χ3v) is 2.90. The molecular formula is C14H19N3O. The molecule has 4 nitrogen and oxygen atoms in total. The summed E-state index contributed by atoms with van der Waals surface area (Å²) >= 11 is 0. The smallest absolute Gasteiger partial charge is 0.111 e. The van der Waals surface area contributed by atoms with Crippen LogP contribution in [0.15, 0.2) is 30.5 Å². The standard InChI is InChI=1S/C14H19N3O/c1-10(18)12-9-17(16-15-12)13-8-6-5-7-11(13)14(2,3)4/h5-10,18H,1-4H3. The lowest BCUT2D eigenvalue weighted by molar-refractivity contribution is 0.194. The highest BCUT2D eigenvalue weighted by Crippen LogP contribution is 2.28. The molecule has 0 amide bonds. The van der Waals surface area contributed by atoms with Crippen LogP contribution in [0.25, 0.3) is 5.69 Å². The molecule has 1 atom stereocenters. The van der Waals surface area contributed by atoms with E-state index in [9.17, 15) is 5.11 Å². The van der Waals surface area contributed by atoms with Gasteiger partial charge in [-0.1, -0.05) is 44.2 Å². The molecule has 2 rings (SSSR count). The summed E-state index contributed by atoms with van der Waals surface area (Å²) in [6, 6.07) is 8.12. The van der Waals surface area contributed by atoms with Gasteiger partial charge < -0.3 is 5.11 Å². The molecule has 2 aromatic rings. The van der Waals surface area contributed by atoms with E-state index >= 15 is 0 Å². The fourth-order valence-corrected chi connectivity index (χ4v) is 1.89. The van der Waals surface area contributed by atoms with Crippen LogP contribution in [0.5, 0.6) is 0 Å². The maximum atomic E-state index is 9.50. The molecule has 0 aliphatic heterocycles. The highest BCUT2D eigenvalue weighted by molar-refractivity contribution is 5.44. The molecule has 0 aliphatic rings. The van der Waals surface area contributed by atoms with Crippen molar-refractivity contribution in [1.82, 2.24) is 15.0 Å². The number of benzene rings is 1. The van der Waals surface area contributed by atoms with Gasteiger partial charge in [-0.25, -0.2) is 4.68 Å². The van der Waals surface area contributed by atoms with Gasteiger partial charge in [0.2, 0.25) is 0 Å². The first kappa shape index (κ1) is 12.8. The van der Waals surface area contributed by atoms with Crippen LogP contribution in [0.2, 0.25) is 0 Å². The summed E-state index contributed by atoms with van der Waals surface area (Å²) in [5.41, 5.74) is 2.82. The number of aromatic nitrogens is 3. The maximum absolute atomic E-state index is 9.50. The van der Waals surface area contributed by atoms with Crippen molar-refractivity contribution in [2.24, 2.45) is 0 Å². The molecular weight excluding hydrogens is 226 g/mol. The highest BCUT2D eigenvalue weighted by atomic mass is 16.3. The summed E-state index contributed by atoms with van der Waals surface area (Å²) in [6.45, 7) is 8.18. The first-order valence-electron chi connectivity index (χ1n) is 6.10. The lowest BCUT2D eigenvalue weighted by atomic mass is 9.86. The summed E-state index contributed by atoms with van der Waals surface area (Å²) in [7, 11) is 0. The molecule has 4 heteroatoms. The molecule has 18 heavy (non-hydrogen) atoms. The second kappa shape index (κ2) is 4.53. The number of aliphatic hydroxyl groups is 1. The minimum Gasteiger partial charge on any atom is -0.387 e. The van der Waals surface area contributed by atoms with Gasteiger partial charge in [-0.05, 0) is 24.0 Å². The molecule has 0 spiro atoms. The van der Waals surface area contributed by atoms with E-state index < -0.39 is 6.10 Å². The zero-order valence-electron chi connectivity index (χ0n) is 11.3. The Labute approximate surface area is 107 Å². The van der Waals surface area contributed by atoms with E-state index in [4.69, 9.17) is 0 Å². The van der Waals surface area contributed by atoms with E-state index in [0.29, 0.717) is 5.69 Å². The van der Waals surface area contributed by atoms with Crippen molar-refractivity contribution in [3.05, 3.63) is 41.7 Å². The van der Waals surface area contributed by atoms with Crippen LogP contribution in [-0.2, 0) is 5.41 Å². The zero-order chi connectivity index (χ0) is 13.3. The predicted molar refractivity (Wildman–Crippen MR) is 70.7 cm³/mol. The normalized spacial score (nSPS) is 13.6. The summed E-state index contributed by atoms with van der Waals surface area (Å²) in [5.74, 6) is 0. The van der Waals surface area contributed by atoms with E-state index in [-0.39, 0.29) is 5.41 Å². The molecule has 0 fully saturated rings. The average Bonchev–Trinajstić information content (AvgIpc) is 2.77. The molecule has 0 aliphatic carbocycles. The SMILES string of the molecule is CC(O)c1cn(-c2ccccc2C(C)(C)C)nn1. The second-order valence-electron chi connectivity index (χ2n) is 5.53. The molecule has 1 aromatic carbocycles. The Hall–Kier alpha value is -1.68. The van der Waals surface area contributed by atoms with Gasteiger partial charge in [0.05, 0.1) is 18.0 Å². The molecule has 1 heterocycles. The Morgan fingerprint density at radius 3 is 2.44 bits per heavy atom. The summed E-state index contributed by atoms with van der Waals surface area (Å²) < 4.78 is 1.72. The van der Waals surface area contributed by atoms with Gasteiger partial charge in [0, 0.05) is 0 Å². The Bertz CT molecular complexity index is 538. The molecule has 0 bridgehead atoms. The van der Waals surface area contributed by atoms with Crippen molar-refractivity contribution < 1.29 is 5.11 Å². The molecule has 0 radical (unpaired) electrons. The van der Waals surface area contributed by atoms with Crippen LogP contribution in [0.4, 0.5) is 0 Å². The van der Waals surface area contributed by atoms with Gasteiger partial charge in [0.25, 0.3) is 0 Å². The number of hydrogen-bond acceptors (Lipinski definition) is 3. The molecule has 0 saturated carbocycles. The molecule has 1 unspecified atom stereocenters. The van der Waals surface area contributed by atoms with Gasteiger partial charge in [-0.3, -0.25) is 0 Å². The third kappa shape index (κ3) is 2.43. The first-order chi connectivity index (χ1) is 8.39. The maximum Gasteiger partial charge on any atom is 0.111 e. The molecule has 1 N–H and O–H groups in total. The predicted octanol–water partition coefficient (Wildman–Crippen LogP) is 2.62. The lowest BCUT2D eigenvalue weighted by Gasteiger charge is -2.22. The summed E-state index contributed by atoms with van der Waals surface area (Å²) in [6.07, 6.45) is 1.18. The van der Waals surface area contributed by atoms with Gasteiger partial charge >= 0.3 is 0 Å². The number of nitrogens with zero attached hydrogens (tertiary/aromatic N) is 3. The Kier molecular flexibility index (Phi) is 3.22. The largest absolute Gasteiger partial charge is 0.387 e. The summed E-state index contributed by atoms with van der Waals surface area (Å²) in [5, 5.41) is 17.6. The van der Waals surface area contributed by atoms with E-state index in [1.807, 2.05) is 18.2 Å². The highest BCUT2D eigenvalue weighted by Gasteiger charge is 2.19. The van der Waals surface area contributed by atoms with Crippen LogP contribution in [0, 0.1) is 0 Å². The number of rotatable bonds is 2. The monoisotopic (exact) mass is 245 g/mol. The van der Waals surface area contributed by atoms with Gasteiger partial charge in [-0.2, -0.15) is 0 Å². The summed E-state index contributed by atoms with van der Waals surface area (Å²) in [4.78, 5) is 0. The fraction of sp³-hybridized carbons (Fsp3) is 0.429. The van der Waals surface area contributed by atoms with Crippen LogP contribution in [-0.4, -0.2) is 20.1 Å². The quantitative estimate of drug-likeness (QED) is 0.884. The Balaban J connectivity index is 2.50. The average molecular weight is 245 g/mol. The van der Waals surface area contributed by atoms with Crippen molar-refractivity contribution in [2.75, 3.05) is 0 Å². The van der Waals surface area contributed by atoms with E-state index in [0.717, 1.165) is 5.69 Å². The Morgan fingerprint density at radius 2 is 1.89 bits per heavy atom. The van der Waals surface area contributed by atoms with Crippen molar-refractivity contribution in [2.45, 2.75) is 39.2 Å². The fourth-order valence-electron chi connectivity index (χ4n) is 1.89. The van der Waals surface area contributed by atoms with Crippen molar-refractivity contribution in [3.63, 3.8) is 0 Å². The van der Waals surface area contributed by atoms with E-state index in [1.54, 1.807) is 17.8 Å².